The standard InChI is InChI=1S/C25H18N2O5S/c1-32-17-8-6-7-16(15-17)26-33(30,31)23-14-13-22(18-9-2-3-10-19(18)23)27-24(28)20-11-4-5-12-21(20)25(27)29/h2-15,26H,1H3. The first-order chi connectivity index (χ1) is 15.9. The summed E-state index contributed by atoms with van der Waals surface area (Å²) in [7, 11) is -2.48. The van der Waals surface area contributed by atoms with Crippen molar-refractivity contribution in [3.63, 3.8) is 0 Å². The third-order valence-corrected chi connectivity index (χ3v) is 6.95. The van der Waals surface area contributed by atoms with E-state index in [1.54, 1.807) is 72.8 Å². The van der Waals surface area contributed by atoms with Crippen LogP contribution in [0.1, 0.15) is 20.7 Å². The zero-order chi connectivity index (χ0) is 23.2. The fourth-order valence-corrected chi connectivity index (χ4v) is 5.25. The zero-order valence-electron chi connectivity index (χ0n) is 17.5. The second kappa shape index (κ2) is 7.75. The van der Waals surface area contributed by atoms with E-state index in [1.807, 2.05) is 0 Å². The Bertz CT molecular complexity index is 1510. The molecule has 0 radical (unpaired) electrons. The number of methoxy groups -OCH3 is 1. The number of fused-ring (bicyclic) bond motifs is 2. The lowest BCUT2D eigenvalue weighted by atomic mass is 10.1. The normalized spacial score (nSPS) is 13.3. The summed E-state index contributed by atoms with van der Waals surface area (Å²) in [5.41, 5.74) is 1.32. The number of carbonyl (C=O) groups is 2. The molecule has 1 heterocycles. The van der Waals surface area contributed by atoms with E-state index in [-0.39, 0.29) is 4.90 Å². The van der Waals surface area contributed by atoms with Crippen LogP contribution in [0.25, 0.3) is 10.8 Å². The molecular formula is C25H18N2O5S. The Morgan fingerprint density at radius 1 is 0.758 bits per heavy atom. The maximum atomic E-state index is 13.3. The van der Waals surface area contributed by atoms with E-state index in [0.717, 1.165) is 4.90 Å². The molecule has 8 heteroatoms. The molecule has 4 aromatic rings. The molecule has 1 aliphatic rings. The van der Waals surface area contributed by atoms with Gasteiger partial charge in [0, 0.05) is 16.8 Å². The highest BCUT2D eigenvalue weighted by Crippen LogP contribution is 2.36. The van der Waals surface area contributed by atoms with Crippen LogP contribution in [0.4, 0.5) is 11.4 Å². The molecule has 0 fully saturated rings. The zero-order valence-corrected chi connectivity index (χ0v) is 18.3. The van der Waals surface area contributed by atoms with Crippen LogP contribution in [0, 0.1) is 0 Å². The number of imide groups is 1. The average molecular weight is 458 g/mol. The second-order valence-corrected chi connectivity index (χ2v) is 9.11. The summed E-state index contributed by atoms with van der Waals surface area (Å²) in [5.74, 6) is -0.363. The summed E-state index contributed by atoms with van der Waals surface area (Å²) in [4.78, 5) is 27.1. The summed E-state index contributed by atoms with van der Waals surface area (Å²) in [6, 6.07) is 22.9. The Labute approximate surface area is 190 Å². The van der Waals surface area contributed by atoms with E-state index in [9.17, 15) is 18.0 Å². The van der Waals surface area contributed by atoms with Gasteiger partial charge in [-0.2, -0.15) is 0 Å². The molecule has 1 N–H and O–H groups in total. The molecule has 0 unspecified atom stereocenters. The van der Waals surface area contributed by atoms with Crippen LogP contribution >= 0.6 is 0 Å². The Morgan fingerprint density at radius 3 is 2.06 bits per heavy atom. The van der Waals surface area contributed by atoms with Gasteiger partial charge in [-0.15, -0.1) is 0 Å². The lowest BCUT2D eigenvalue weighted by molar-refractivity contribution is 0.0926. The Kier molecular flexibility index (Phi) is 4.87. The second-order valence-electron chi connectivity index (χ2n) is 7.46. The molecule has 0 saturated carbocycles. The lowest BCUT2D eigenvalue weighted by Crippen LogP contribution is -2.29. The predicted molar refractivity (Wildman–Crippen MR) is 125 cm³/mol. The smallest absolute Gasteiger partial charge is 0.266 e. The molecule has 0 spiro atoms. The van der Waals surface area contributed by atoms with Crippen LogP contribution in [-0.2, 0) is 10.0 Å². The third kappa shape index (κ3) is 3.41. The number of hydrogen-bond acceptors (Lipinski definition) is 5. The molecular weight excluding hydrogens is 440 g/mol. The molecule has 33 heavy (non-hydrogen) atoms. The van der Waals surface area contributed by atoms with Gasteiger partial charge >= 0.3 is 0 Å². The van der Waals surface area contributed by atoms with Gasteiger partial charge in [0.25, 0.3) is 21.8 Å². The molecule has 0 aromatic heterocycles. The molecule has 0 bridgehead atoms. The monoisotopic (exact) mass is 458 g/mol. The van der Waals surface area contributed by atoms with Crippen LogP contribution in [-0.4, -0.2) is 27.3 Å². The van der Waals surface area contributed by atoms with Gasteiger partial charge in [-0.1, -0.05) is 42.5 Å². The fourth-order valence-electron chi connectivity index (χ4n) is 3.99. The van der Waals surface area contributed by atoms with E-state index in [4.69, 9.17) is 4.74 Å². The number of benzene rings is 4. The van der Waals surface area contributed by atoms with Crippen LogP contribution in [0.5, 0.6) is 5.75 Å². The van der Waals surface area contributed by atoms with Crippen molar-refractivity contribution in [3.8, 4) is 5.75 Å². The molecule has 7 nitrogen and oxygen atoms in total. The van der Waals surface area contributed by atoms with Crippen molar-refractivity contribution >= 4 is 44.0 Å². The number of ether oxygens (including phenoxy) is 1. The molecule has 4 aromatic carbocycles. The summed E-state index contributed by atoms with van der Waals surface area (Å²) in [6.07, 6.45) is 0. The van der Waals surface area contributed by atoms with Gasteiger partial charge in [-0.25, -0.2) is 13.3 Å². The van der Waals surface area contributed by atoms with Gasteiger partial charge in [-0.3, -0.25) is 14.3 Å². The summed E-state index contributed by atoms with van der Waals surface area (Å²) in [5, 5.41) is 0.863. The average Bonchev–Trinajstić information content (AvgIpc) is 3.08. The largest absolute Gasteiger partial charge is 0.497 e. The highest BCUT2D eigenvalue weighted by atomic mass is 32.2. The van der Waals surface area contributed by atoms with Crippen molar-refractivity contribution in [2.24, 2.45) is 0 Å². The highest BCUT2D eigenvalue weighted by Gasteiger charge is 2.37. The van der Waals surface area contributed by atoms with Gasteiger partial charge in [0.1, 0.15) is 5.75 Å². The van der Waals surface area contributed by atoms with Gasteiger partial charge in [0.15, 0.2) is 0 Å². The number of carbonyl (C=O) groups excluding carboxylic acids is 2. The Morgan fingerprint density at radius 2 is 1.39 bits per heavy atom. The van der Waals surface area contributed by atoms with Gasteiger partial charge in [0.2, 0.25) is 0 Å². The molecule has 164 valence electrons. The van der Waals surface area contributed by atoms with E-state index in [1.165, 1.54) is 19.2 Å². The first kappa shape index (κ1) is 20.7. The van der Waals surface area contributed by atoms with Crippen LogP contribution in [0.3, 0.4) is 0 Å². The predicted octanol–water partition coefficient (Wildman–Crippen LogP) is 4.45. The van der Waals surface area contributed by atoms with Gasteiger partial charge in [0.05, 0.1) is 34.5 Å². The van der Waals surface area contributed by atoms with Crippen molar-refractivity contribution in [1.29, 1.82) is 0 Å². The summed E-state index contributed by atoms with van der Waals surface area (Å²) >= 11 is 0. The number of rotatable bonds is 5. The molecule has 2 amide bonds. The highest BCUT2D eigenvalue weighted by molar-refractivity contribution is 7.93. The lowest BCUT2D eigenvalue weighted by Gasteiger charge is -2.19. The summed E-state index contributed by atoms with van der Waals surface area (Å²) in [6.45, 7) is 0. The van der Waals surface area contributed by atoms with Gasteiger partial charge < -0.3 is 4.74 Å². The number of nitrogens with zero attached hydrogens (tertiary/aromatic N) is 1. The minimum atomic E-state index is -3.98. The van der Waals surface area contributed by atoms with E-state index in [2.05, 4.69) is 4.72 Å². The fraction of sp³-hybridized carbons (Fsp3) is 0.0400. The molecule has 1 aliphatic heterocycles. The molecule has 5 rings (SSSR count). The minimum absolute atomic E-state index is 0.0290. The molecule has 0 aliphatic carbocycles. The van der Waals surface area contributed by atoms with Crippen molar-refractivity contribution in [2.45, 2.75) is 4.90 Å². The topological polar surface area (TPSA) is 92.8 Å². The molecule has 0 atom stereocenters. The SMILES string of the molecule is COc1cccc(NS(=O)(=O)c2ccc(N3C(=O)c4ccccc4C3=O)c3ccccc23)c1. The maximum absolute atomic E-state index is 13.3. The van der Waals surface area contributed by atoms with E-state index in [0.29, 0.717) is 39.0 Å². The number of hydrogen-bond donors (Lipinski definition) is 1. The number of anilines is 2. The third-order valence-electron chi connectivity index (χ3n) is 5.51. The van der Waals surface area contributed by atoms with E-state index < -0.39 is 21.8 Å². The van der Waals surface area contributed by atoms with Gasteiger partial charge in [-0.05, 0) is 36.4 Å². The quantitative estimate of drug-likeness (QED) is 0.446. The van der Waals surface area contributed by atoms with Crippen LogP contribution < -0.4 is 14.4 Å². The first-order valence-corrected chi connectivity index (χ1v) is 11.6. The Hall–Kier alpha value is -4.17. The van der Waals surface area contributed by atoms with Crippen LogP contribution in [0.2, 0.25) is 0 Å². The number of sulfonamides is 1. The minimum Gasteiger partial charge on any atom is -0.497 e. The summed E-state index contributed by atoms with van der Waals surface area (Å²) < 4.78 is 34.2. The van der Waals surface area contributed by atoms with E-state index >= 15 is 0 Å². The number of nitrogens with one attached hydrogen (secondary N) is 1. The van der Waals surface area contributed by atoms with Crippen molar-refractivity contribution in [3.05, 3.63) is 96.1 Å². The Balaban J connectivity index is 1.61. The van der Waals surface area contributed by atoms with Crippen molar-refractivity contribution in [1.82, 2.24) is 0 Å². The molecule has 0 saturated heterocycles. The van der Waals surface area contributed by atoms with Crippen LogP contribution in [0.15, 0.2) is 89.8 Å². The first-order valence-electron chi connectivity index (χ1n) is 10.1. The number of amides is 2. The van der Waals surface area contributed by atoms with Crippen molar-refractivity contribution in [2.75, 3.05) is 16.7 Å². The van der Waals surface area contributed by atoms with Crippen molar-refractivity contribution < 1.29 is 22.7 Å². The maximum Gasteiger partial charge on any atom is 0.266 e.